The third-order valence-corrected chi connectivity index (χ3v) is 4.87. The van der Waals surface area contributed by atoms with Gasteiger partial charge in [0.15, 0.2) is 5.13 Å². The van der Waals surface area contributed by atoms with Crippen LogP contribution >= 0.6 is 11.3 Å². The summed E-state index contributed by atoms with van der Waals surface area (Å²) in [5, 5.41) is 17.9. The molecule has 0 radical (unpaired) electrons. The van der Waals surface area contributed by atoms with Gasteiger partial charge in [0.1, 0.15) is 0 Å². The van der Waals surface area contributed by atoms with Gasteiger partial charge in [0.05, 0.1) is 10.6 Å². The van der Waals surface area contributed by atoms with Gasteiger partial charge in [0.2, 0.25) is 0 Å². The average molecular weight is 375 g/mol. The van der Waals surface area contributed by atoms with Crippen LogP contribution in [0.25, 0.3) is 22.0 Å². The minimum Gasteiger partial charge on any atom is -0.298 e. The van der Waals surface area contributed by atoms with Gasteiger partial charge in [0, 0.05) is 28.6 Å². The fraction of sp³-hybridized carbons (Fsp3) is 0. The molecule has 4 rings (SSSR count). The smallest absolute Gasteiger partial charge is 0.269 e. The number of nitrogens with one attached hydrogen (secondary N) is 1. The largest absolute Gasteiger partial charge is 0.298 e. The molecular formula is C20H13N3O3S. The molecule has 6 nitrogen and oxygen atoms in total. The third kappa shape index (κ3) is 3.54. The second-order valence-corrected chi connectivity index (χ2v) is 6.72. The molecule has 0 unspecified atom stereocenters. The Morgan fingerprint density at radius 1 is 1.00 bits per heavy atom. The molecule has 0 bridgehead atoms. The summed E-state index contributed by atoms with van der Waals surface area (Å²) >= 11 is 1.30. The van der Waals surface area contributed by atoms with Crippen LogP contribution < -0.4 is 5.32 Å². The van der Waals surface area contributed by atoms with Crippen LogP contribution in [0, 0.1) is 10.1 Å². The molecule has 1 heterocycles. The van der Waals surface area contributed by atoms with Crippen molar-refractivity contribution in [1.82, 2.24) is 4.98 Å². The first-order chi connectivity index (χ1) is 13.1. The van der Waals surface area contributed by atoms with Crippen LogP contribution in [-0.4, -0.2) is 15.8 Å². The molecule has 0 spiro atoms. The molecule has 27 heavy (non-hydrogen) atoms. The number of carbonyl (C=O) groups excluding carboxylic acids is 1. The molecule has 0 aliphatic heterocycles. The van der Waals surface area contributed by atoms with Gasteiger partial charge in [-0.05, 0) is 35.0 Å². The third-order valence-electron chi connectivity index (χ3n) is 4.11. The summed E-state index contributed by atoms with van der Waals surface area (Å²) in [6.07, 6.45) is 0. The number of benzene rings is 3. The lowest BCUT2D eigenvalue weighted by Crippen LogP contribution is -2.11. The van der Waals surface area contributed by atoms with E-state index in [-0.39, 0.29) is 11.6 Å². The molecule has 1 N–H and O–H groups in total. The van der Waals surface area contributed by atoms with Crippen molar-refractivity contribution >= 4 is 38.8 Å². The van der Waals surface area contributed by atoms with E-state index in [0.29, 0.717) is 16.4 Å². The van der Waals surface area contributed by atoms with Crippen LogP contribution in [0.2, 0.25) is 0 Å². The van der Waals surface area contributed by atoms with Crippen LogP contribution in [-0.2, 0) is 0 Å². The Bertz CT molecular complexity index is 1150. The standard InChI is InChI=1S/C20H13N3O3S/c24-19(16-6-5-13-3-1-2-4-15(13)11-16)22-20-21-18(12-27-20)14-7-9-17(10-8-14)23(25)26/h1-12H,(H,21,22,24). The maximum Gasteiger partial charge on any atom is 0.269 e. The summed E-state index contributed by atoms with van der Waals surface area (Å²) in [6, 6.07) is 19.5. The average Bonchev–Trinajstić information content (AvgIpc) is 3.16. The summed E-state index contributed by atoms with van der Waals surface area (Å²) in [7, 11) is 0. The highest BCUT2D eigenvalue weighted by Crippen LogP contribution is 2.27. The Labute approximate surface area is 158 Å². The summed E-state index contributed by atoms with van der Waals surface area (Å²) < 4.78 is 0. The van der Waals surface area contributed by atoms with Crippen LogP contribution in [0.4, 0.5) is 10.8 Å². The molecule has 0 atom stereocenters. The van der Waals surface area contributed by atoms with Crippen LogP contribution in [0.3, 0.4) is 0 Å². The maximum atomic E-state index is 12.5. The first-order valence-electron chi connectivity index (χ1n) is 8.11. The summed E-state index contributed by atoms with van der Waals surface area (Å²) in [6.45, 7) is 0. The van der Waals surface area contributed by atoms with Crippen LogP contribution in [0.5, 0.6) is 0 Å². The number of non-ortho nitro benzene ring substituents is 1. The number of hydrogen-bond donors (Lipinski definition) is 1. The molecule has 4 aromatic rings. The van der Waals surface area contributed by atoms with Crippen molar-refractivity contribution in [3.05, 3.63) is 87.8 Å². The topological polar surface area (TPSA) is 85.1 Å². The van der Waals surface area contributed by atoms with E-state index in [4.69, 9.17) is 0 Å². The Morgan fingerprint density at radius 2 is 1.74 bits per heavy atom. The first-order valence-corrected chi connectivity index (χ1v) is 8.98. The molecule has 132 valence electrons. The number of nitro groups is 1. The number of hydrogen-bond acceptors (Lipinski definition) is 5. The Balaban J connectivity index is 1.52. The number of rotatable bonds is 4. The van der Waals surface area contributed by atoms with Gasteiger partial charge in [-0.1, -0.05) is 30.3 Å². The van der Waals surface area contributed by atoms with Gasteiger partial charge in [-0.3, -0.25) is 20.2 Å². The lowest BCUT2D eigenvalue weighted by molar-refractivity contribution is -0.384. The molecule has 0 aliphatic carbocycles. The minimum atomic E-state index is -0.444. The maximum absolute atomic E-state index is 12.5. The van der Waals surface area contributed by atoms with E-state index in [1.165, 1.54) is 23.5 Å². The van der Waals surface area contributed by atoms with Gasteiger partial charge in [-0.25, -0.2) is 4.98 Å². The van der Waals surface area contributed by atoms with Gasteiger partial charge in [-0.15, -0.1) is 11.3 Å². The van der Waals surface area contributed by atoms with E-state index in [9.17, 15) is 14.9 Å². The van der Waals surface area contributed by atoms with Crippen molar-refractivity contribution in [2.75, 3.05) is 5.32 Å². The normalized spacial score (nSPS) is 10.7. The Hall–Kier alpha value is -3.58. The van der Waals surface area contributed by atoms with Crippen molar-refractivity contribution in [2.45, 2.75) is 0 Å². The SMILES string of the molecule is O=C(Nc1nc(-c2ccc([N+](=O)[O-])cc2)cs1)c1ccc2ccccc2c1. The first kappa shape index (κ1) is 16.9. The van der Waals surface area contributed by atoms with Crippen molar-refractivity contribution in [2.24, 2.45) is 0 Å². The number of amides is 1. The summed E-state index contributed by atoms with van der Waals surface area (Å²) in [5.74, 6) is -0.231. The van der Waals surface area contributed by atoms with E-state index >= 15 is 0 Å². The van der Waals surface area contributed by atoms with Crippen molar-refractivity contribution in [1.29, 1.82) is 0 Å². The quantitative estimate of drug-likeness (QED) is 0.396. The zero-order valence-corrected chi connectivity index (χ0v) is 14.8. The molecule has 0 saturated heterocycles. The number of anilines is 1. The molecule has 0 saturated carbocycles. The summed E-state index contributed by atoms with van der Waals surface area (Å²) in [5.41, 5.74) is 1.99. The van der Waals surface area contributed by atoms with Crippen LogP contribution in [0.15, 0.2) is 72.1 Å². The Morgan fingerprint density at radius 3 is 2.48 bits per heavy atom. The lowest BCUT2D eigenvalue weighted by Gasteiger charge is -2.04. The molecule has 1 aromatic heterocycles. The molecule has 3 aromatic carbocycles. The molecular weight excluding hydrogens is 362 g/mol. The predicted octanol–water partition coefficient (Wildman–Crippen LogP) is 5.12. The lowest BCUT2D eigenvalue weighted by atomic mass is 10.1. The highest BCUT2D eigenvalue weighted by atomic mass is 32.1. The van der Waals surface area contributed by atoms with Gasteiger partial charge >= 0.3 is 0 Å². The number of nitrogens with zero attached hydrogens (tertiary/aromatic N) is 2. The molecule has 7 heteroatoms. The van der Waals surface area contributed by atoms with Crippen molar-refractivity contribution in [3.8, 4) is 11.3 Å². The summed E-state index contributed by atoms with van der Waals surface area (Å²) in [4.78, 5) is 27.2. The fourth-order valence-electron chi connectivity index (χ4n) is 2.72. The molecule has 1 amide bonds. The van der Waals surface area contributed by atoms with E-state index in [1.54, 1.807) is 23.6 Å². The number of carbonyl (C=O) groups is 1. The fourth-order valence-corrected chi connectivity index (χ4v) is 3.43. The van der Waals surface area contributed by atoms with Gasteiger partial charge in [-0.2, -0.15) is 0 Å². The minimum absolute atomic E-state index is 0.0267. The number of nitro benzene ring substituents is 1. The highest BCUT2D eigenvalue weighted by Gasteiger charge is 2.12. The number of thiazole rings is 1. The number of aromatic nitrogens is 1. The zero-order valence-electron chi connectivity index (χ0n) is 14.0. The van der Waals surface area contributed by atoms with Crippen LogP contribution in [0.1, 0.15) is 10.4 Å². The van der Waals surface area contributed by atoms with E-state index in [2.05, 4.69) is 10.3 Å². The van der Waals surface area contributed by atoms with Crippen molar-refractivity contribution in [3.63, 3.8) is 0 Å². The molecule has 0 aliphatic rings. The highest BCUT2D eigenvalue weighted by molar-refractivity contribution is 7.14. The second kappa shape index (κ2) is 6.97. The van der Waals surface area contributed by atoms with E-state index < -0.39 is 4.92 Å². The second-order valence-electron chi connectivity index (χ2n) is 5.86. The Kier molecular flexibility index (Phi) is 4.35. The zero-order chi connectivity index (χ0) is 18.8. The van der Waals surface area contributed by atoms with Crippen molar-refractivity contribution < 1.29 is 9.72 Å². The van der Waals surface area contributed by atoms with Gasteiger partial charge in [0.25, 0.3) is 11.6 Å². The van der Waals surface area contributed by atoms with Gasteiger partial charge < -0.3 is 0 Å². The molecule has 0 fully saturated rings. The predicted molar refractivity (Wildman–Crippen MR) is 106 cm³/mol. The van der Waals surface area contributed by atoms with E-state index in [1.807, 2.05) is 36.4 Å². The number of fused-ring (bicyclic) bond motifs is 1. The van der Waals surface area contributed by atoms with E-state index in [0.717, 1.165) is 16.3 Å². The monoisotopic (exact) mass is 375 g/mol.